The Hall–Kier alpha value is -2.15. The Morgan fingerprint density at radius 2 is 1.08 bits per heavy atom. The smallest absolute Gasteiger partial charge is 0.326 e. The highest BCUT2D eigenvalue weighted by Crippen LogP contribution is 2.18. The lowest BCUT2D eigenvalue weighted by Crippen LogP contribution is -2.40. The number of aliphatic carboxylic acids is 1. The molecule has 0 saturated heterocycles. The summed E-state index contributed by atoms with van der Waals surface area (Å²) in [5.41, 5.74) is 5.47. The van der Waals surface area contributed by atoms with Crippen molar-refractivity contribution in [2.45, 2.75) is 212 Å². The third kappa shape index (κ3) is 32.4. The number of nitrogens with two attached hydrogens (primary N) is 1. The van der Waals surface area contributed by atoms with E-state index in [1.54, 1.807) is 0 Å². The van der Waals surface area contributed by atoms with Crippen LogP contribution in [0.5, 0.6) is 0 Å². The second-order valence-corrected chi connectivity index (χ2v) is 13.7. The molecule has 280 valence electrons. The van der Waals surface area contributed by atoms with Gasteiger partial charge in [-0.1, -0.05) is 128 Å². The summed E-state index contributed by atoms with van der Waals surface area (Å²) in [4.78, 5) is 36.1. The van der Waals surface area contributed by atoms with E-state index in [9.17, 15) is 19.5 Å². The second-order valence-electron chi connectivity index (χ2n) is 13.7. The molecular weight excluding hydrogens is 600 g/mol. The molecule has 0 radical (unpaired) electrons. The third-order valence-electron chi connectivity index (χ3n) is 9.02. The predicted octanol–water partition coefficient (Wildman–Crippen LogP) is 10.9. The molecule has 2 atom stereocenters. The van der Waals surface area contributed by atoms with Gasteiger partial charge in [0, 0.05) is 12.8 Å². The van der Waals surface area contributed by atoms with Gasteiger partial charge in [-0.15, -0.1) is 0 Å². The number of nitrogens with one attached hydrogen (secondary N) is 1. The van der Waals surface area contributed by atoms with E-state index in [4.69, 9.17) is 10.5 Å². The van der Waals surface area contributed by atoms with Crippen molar-refractivity contribution in [3.8, 4) is 0 Å². The van der Waals surface area contributed by atoms with Crippen LogP contribution in [0.1, 0.15) is 200 Å². The van der Waals surface area contributed by atoms with Crippen LogP contribution in [-0.4, -0.2) is 41.6 Å². The van der Waals surface area contributed by atoms with E-state index in [0.717, 1.165) is 77.0 Å². The molecule has 0 bridgehead atoms. The van der Waals surface area contributed by atoms with Crippen LogP contribution in [0.2, 0.25) is 0 Å². The summed E-state index contributed by atoms with van der Waals surface area (Å²) >= 11 is 0. The van der Waals surface area contributed by atoms with Gasteiger partial charge in [0.2, 0.25) is 5.91 Å². The third-order valence-corrected chi connectivity index (χ3v) is 9.02. The minimum Gasteiger partial charge on any atom is -0.480 e. The number of esters is 1. The lowest BCUT2D eigenvalue weighted by Gasteiger charge is -2.18. The standard InChI is InChI=1S/C41H76N2O5/c1-3-5-7-9-11-12-13-14-15-16-17-18-19-20-25-29-35-40(45)48-37(31-26-22-10-8-6-4-2)32-27-23-21-24-28-34-39(44)43-38(41(46)47)33-30-36-42/h12-13,15-16,37-38H,3-11,14,17-36,42H2,1-2H3,(H,43,44)(H,46,47)/b13-12-,16-15-. The Morgan fingerprint density at radius 1 is 0.604 bits per heavy atom. The van der Waals surface area contributed by atoms with Gasteiger partial charge in [-0.25, -0.2) is 4.79 Å². The van der Waals surface area contributed by atoms with E-state index in [0.29, 0.717) is 32.2 Å². The molecule has 0 saturated carbocycles. The van der Waals surface area contributed by atoms with Gasteiger partial charge < -0.3 is 20.9 Å². The van der Waals surface area contributed by atoms with Gasteiger partial charge in [-0.3, -0.25) is 9.59 Å². The molecule has 0 rings (SSSR count). The zero-order chi connectivity index (χ0) is 35.3. The molecule has 0 aliphatic rings. The molecule has 7 nitrogen and oxygen atoms in total. The molecule has 0 aromatic heterocycles. The number of carboxylic acids is 1. The summed E-state index contributed by atoms with van der Waals surface area (Å²) in [6.07, 6.45) is 39.4. The molecule has 0 spiro atoms. The van der Waals surface area contributed by atoms with E-state index in [1.165, 1.54) is 83.5 Å². The van der Waals surface area contributed by atoms with E-state index >= 15 is 0 Å². The topological polar surface area (TPSA) is 119 Å². The summed E-state index contributed by atoms with van der Waals surface area (Å²) in [5, 5.41) is 11.9. The van der Waals surface area contributed by atoms with Crippen molar-refractivity contribution in [3.05, 3.63) is 24.3 Å². The number of amides is 1. The SMILES string of the molecule is CCCCCC/C=C\C/C=C\CCCCCCCC(=O)OC(CCCCCCCC)CCCCCCCC(=O)NC(CCCN)C(=O)O. The van der Waals surface area contributed by atoms with E-state index in [2.05, 4.69) is 43.5 Å². The molecule has 0 aliphatic heterocycles. The lowest BCUT2D eigenvalue weighted by molar-refractivity contribution is -0.150. The number of carboxylic acid groups (broad SMARTS) is 1. The van der Waals surface area contributed by atoms with Crippen molar-refractivity contribution in [1.82, 2.24) is 5.32 Å². The monoisotopic (exact) mass is 677 g/mol. The molecule has 0 fully saturated rings. The summed E-state index contributed by atoms with van der Waals surface area (Å²) in [6, 6.07) is -0.854. The number of ether oxygens (including phenoxy) is 1. The Morgan fingerprint density at radius 3 is 1.62 bits per heavy atom. The van der Waals surface area contributed by atoms with Crippen molar-refractivity contribution in [2.75, 3.05) is 6.54 Å². The largest absolute Gasteiger partial charge is 0.480 e. The van der Waals surface area contributed by atoms with E-state index in [-0.39, 0.29) is 18.0 Å². The normalized spacial score (nSPS) is 12.9. The fourth-order valence-electron chi connectivity index (χ4n) is 5.95. The number of carbonyl (C=O) groups is 3. The van der Waals surface area contributed by atoms with Crippen LogP contribution in [0.4, 0.5) is 0 Å². The fraction of sp³-hybridized carbons (Fsp3) is 0.829. The number of allylic oxidation sites excluding steroid dienone is 4. The molecule has 48 heavy (non-hydrogen) atoms. The van der Waals surface area contributed by atoms with Gasteiger partial charge in [-0.2, -0.15) is 0 Å². The zero-order valence-electron chi connectivity index (χ0n) is 31.3. The number of carbonyl (C=O) groups excluding carboxylic acids is 2. The molecular formula is C41H76N2O5. The Labute approximate surface area is 295 Å². The van der Waals surface area contributed by atoms with Crippen LogP contribution >= 0.6 is 0 Å². The highest BCUT2D eigenvalue weighted by Gasteiger charge is 2.19. The Bertz CT molecular complexity index is 813. The average Bonchev–Trinajstić information content (AvgIpc) is 3.07. The molecule has 4 N–H and O–H groups in total. The summed E-state index contributed by atoms with van der Waals surface area (Å²) < 4.78 is 5.98. The quantitative estimate of drug-likeness (QED) is 0.0345. The highest BCUT2D eigenvalue weighted by atomic mass is 16.5. The van der Waals surface area contributed by atoms with Crippen LogP contribution in [0.3, 0.4) is 0 Å². The maximum Gasteiger partial charge on any atom is 0.326 e. The highest BCUT2D eigenvalue weighted by molar-refractivity contribution is 5.83. The summed E-state index contributed by atoms with van der Waals surface area (Å²) in [5.74, 6) is -1.25. The molecule has 0 aromatic rings. The first kappa shape index (κ1) is 45.9. The minimum atomic E-state index is -1.01. The van der Waals surface area contributed by atoms with Crippen molar-refractivity contribution in [3.63, 3.8) is 0 Å². The number of hydrogen-bond donors (Lipinski definition) is 3. The lowest BCUT2D eigenvalue weighted by atomic mass is 10.0. The molecule has 1 amide bonds. The van der Waals surface area contributed by atoms with Gasteiger partial charge in [0.15, 0.2) is 0 Å². The number of unbranched alkanes of at least 4 members (excludes halogenated alkanes) is 18. The van der Waals surface area contributed by atoms with Crippen molar-refractivity contribution < 1.29 is 24.2 Å². The predicted molar refractivity (Wildman–Crippen MR) is 202 cm³/mol. The van der Waals surface area contributed by atoms with Gasteiger partial charge >= 0.3 is 11.9 Å². The number of rotatable bonds is 36. The minimum absolute atomic E-state index is 0.0126. The molecule has 7 heteroatoms. The summed E-state index contributed by atoms with van der Waals surface area (Å²) in [7, 11) is 0. The Balaban J connectivity index is 4.16. The van der Waals surface area contributed by atoms with Crippen molar-refractivity contribution in [1.29, 1.82) is 0 Å². The van der Waals surface area contributed by atoms with Crippen LogP contribution in [0.25, 0.3) is 0 Å². The van der Waals surface area contributed by atoms with E-state index in [1.807, 2.05) is 0 Å². The van der Waals surface area contributed by atoms with E-state index < -0.39 is 12.0 Å². The van der Waals surface area contributed by atoms with Crippen LogP contribution in [-0.2, 0) is 19.1 Å². The van der Waals surface area contributed by atoms with Crippen molar-refractivity contribution >= 4 is 17.8 Å². The first-order valence-electron chi connectivity index (χ1n) is 20.2. The van der Waals surface area contributed by atoms with Gasteiger partial charge in [0.05, 0.1) is 0 Å². The van der Waals surface area contributed by atoms with Crippen LogP contribution in [0.15, 0.2) is 24.3 Å². The Kier molecular flexibility index (Phi) is 34.5. The second kappa shape index (κ2) is 36.1. The van der Waals surface area contributed by atoms with Crippen LogP contribution in [0, 0.1) is 0 Å². The molecule has 0 aliphatic carbocycles. The van der Waals surface area contributed by atoms with Crippen molar-refractivity contribution in [2.24, 2.45) is 5.73 Å². The first-order chi connectivity index (χ1) is 23.4. The van der Waals surface area contributed by atoms with Gasteiger partial charge in [-0.05, 0) is 90.0 Å². The zero-order valence-corrected chi connectivity index (χ0v) is 31.3. The average molecular weight is 677 g/mol. The van der Waals surface area contributed by atoms with Crippen LogP contribution < -0.4 is 11.1 Å². The number of hydrogen-bond acceptors (Lipinski definition) is 5. The maximum absolute atomic E-state index is 12.7. The van der Waals surface area contributed by atoms with Gasteiger partial charge in [0.25, 0.3) is 0 Å². The first-order valence-corrected chi connectivity index (χ1v) is 20.2. The van der Waals surface area contributed by atoms with Gasteiger partial charge in [0.1, 0.15) is 12.1 Å². The summed E-state index contributed by atoms with van der Waals surface area (Å²) in [6.45, 7) is 4.90. The molecule has 0 heterocycles. The maximum atomic E-state index is 12.7. The fourth-order valence-corrected chi connectivity index (χ4v) is 5.95. The molecule has 0 aromatic carbocycles. The molecule has 2 unspecified atom stereocenters.